The summed E-state index contributed by atoms with van der Waals surface area (Å²) < 4.78 is 0. The molecule has 1 aliphatic heterocycles. The fourth-order valence-corrected chi connectivity index (χ4v) is 1.95. The van der Waals surface area contributed by atoms with E-state index >= 15 is 0 Å². The molecular formula is C12H15N3OS. The standard InChI is InChI=1S/C12H15N3OS/c1-8-4-3-5-9(11(8)16)10-6-7-15(14-10)12(17)13-2/h3-5,16H,6-7H2,1-2H3,(H,13,17). The van der Waals surface area contributed by atoms with Crippen molar-refractivity contribution in [3.63, 3.8) is 0 Å². The highest BCUT2D eigenvalue weighted by Crippen LogP contribution is 2.25. The number of thiocarbonyl (C=S) groups is 1. The zero-order valence-corrected chi connectivity index (χ0v) is 10.7. The fraction of sp³-hybridized carbons (Fsp3) is 0.333. The summed E-state index contributed by atoms with van der Waals surface area (Å²) in [5, 5.41) is 19.6. The Kier molecular flexibility index (Phi) is 3.28. The summed E-state index contributed by atoms with van der Waals surface area (Å²) in [6, 6.07) is 5.68. The highest BCUT2D eigenvalue weighted by Gasteiger charge is 2.20. The normalized spacial score (nSPS) is 14.7. The van der Waals surface area contributed by atoms with Crippen LogP contribution in [0.2, 0.25) is 0 Å². The molecule has 2 rings (SSSR count). The van der Waals surface area contributed by atoms with Crippen molar-refractivity contribution < 1.29 is 5.11 Å². The van der Waals surface area contributed by atoms with Crippen LogP contribution in [0, 0.1) is 6.92 Å². The van der Waals surface area contributed by atoms with Crippen LogP contribution < -0.4 is 5.32 Å². The largest absolute Gasteiger partial charge is 0.507 e. The number of hydrazone groups is 1. The molecule has 0 fully saturated rings. The molecule has 1 aliphatic rings. The van der Waals surface area contributed by atoms with Crippen molar-refractivity contribution in [2.75, 3.05) is 13.6 Å². The lowest BCUT2D eigenvalue weighted by molar-refractivity contribution is 0.469. The summed E-state index contributed by atoms with van der Waals surface area (Å²) in [4.78, 5) is 0. The Balaban J connectivity index is 2.30. The Bertz CT molecular complexity index is 485. The molecule has 5 heteroatoms. The summed E-state index contributed by atoms with van der Waals surface area (Å²) >= 11 is 5.12. The number of aromatic hydroxyl groups is 1. The lowest BCUT2D eigenvalue weighted by Crippen LogP contribution is -2.32. The van der Waals surface area contributed by atoms with Crippen LogP contribution in [-0.4, -0.2) is 34.5 Å². The average Bonchev–Trinajstić information content (AvgIpc) is 2.81. The minimum absolute atomic E-state index is 0.309. The van der Waals surface area contributed by atoms with Crippen LogP contribution in [0.25, 0.3) is 0 Å². The lowest BCUT2D eigenvalue weighted by atomic mass is 10.0. The second-order valence-electron chi connectivity index (χ2n) is 3.95. The molecule has 4 nitrogen and oxygen atoms in total. The number of rotatable bonds is 1. The third-order valence-electron chi connectivity index (χ3n) is 2.80. The van der Waals surface area contributed by atoms with Crippen LogP contribution in [0.15, 0.2) is 23.3 Å². The van der Waals surface area contributed by atoms with Gasteiger partial charge >= 0.3 is 0 Å². The van der Waals surface area contributed by atoms with Crippen LogP contribution in [-0.2, 0) is 0 Å². The number of para-hydroxylation sites is 1. The Hall–Kier alpha value is -1.62. The van der Waals surface area contributed by atoms with E-state index in [1.165, 1.54) is 0 Å². The van der Waals surface area contributed by atoms with E-state index in [1.54, 1.807) is 12.1 Å². The van der Waals surface area contributed by atoms with Gasteiger partial charge in [-0.15, -0.1) is 0 Å². The first-order valence-electron chi connectivity index (χ1n) is 5.49. The summed E-state index contributed by atoms with van der Waals surface area (Å²) in [5.74, 6) is 0.309. The Morgan fingerprint density at radius 3 is 3.00 bits per heavy atom. The van der Waals surface area contributed by atoms with Gasteiger partial charge in [-0.1, -0.05) is 12.1 Å². The maximum Gasteiger partial charge on any atom is 0.189 e. The SMILES string of the molecule is CNC(=S)N1CCC(c2cccc(C)c2O)=N1. The van der Waals surface area contributed by atoms with Gasteiger partial charge in [-0.05, 0) is 30.8 Å². The molecule has 0 aromatic heterocycles. The van der Waals surface area contributed by atoms with Gasteiger partial charge in [0.1, 0.15) is 5.75 Å². The molecular weight excluding hydrogens is 234 g/mol. The number of phenolic OH excluding ortho intramolecular Hbond substituents is 1. The number of aryl methyl sites for hydroxylation is 1. The van der Waals surface area contributed by atoms with Crippen molar-refractivity contribution in [1.29, 1.82) is 0 Å². The molecule has 17 heavy (non-hydrogen) atoms. The Morgan fingerprint density at radius 2 is 2.29 bits per heavy atom. The highest BCUT2D eigenvalue weighted by molar-refractivity contribution is 7.80. The predicted molar refractivity (Wildman–Crippen MR) is 72.4 cm³/mol. The number of nitrogens with one attached hydrogen (secondary N) is 1. The number of nitrogens with zero attached hydrogens (tertiary/aromatic N) is 2. The van der Waals surface area contributed by atoms with Gasteiger partial charge in [0.25, 0.3) is 0 Å². The zero-order valence-electron chi connectivity index (χ0n) is 9.90. The highest BCUT2D eigenvalue weighted by atomic mass is 32.1. The minimum Gasteiger partial charge on any atom is -0.507 e. The second kappa shape index (κ2) is 4.71. The van der Waals surface area contributed by atoms with Crippen LogP contribution in [0.1, 0.15) is 17.5 Å². The maximum atomic E-state index is 9.99. The molecule has 1 aromatic carbocycles. The first kappa shape index (κ1) is 11.9. The fourth-order valence-electron chi connectivity index (χ4n) is 1.81. The Labute approximate surface area is 106 Å². The van der Waals surface area contributed by atoms with Crippen molar-refractivity contribution in [2.45, 2.75) is 13.3 Å². The van der Waals surface area contributed by atoms with Crippen molar-refractivity contribution in [3.05, 3.63) is 29.3 Å². The van der Waals surface area contributed by atoms with E-state index in [0.717, 1.165) is 29.8 Å². The van der Waals surface area contributed by atoms with Gasteiger partial charge in [0.15, 0.2) is 5.11 Å². The van der Waals surface area contributed by atoms with Crippen LogP contribution in [0.5, 0.6) is 5.75 Å². The molecule has 0 aliphatic carbocycles. The molecule has 0 amide bonds. The molecule has 0 saturated carbocycles. The van der Waals surface area contributed by atoms with E-state index < -0.39 is 0 Å². The van der Waals surface area contributed by atoms with Crippen molar-refractivity contribution in [1.82, 2.24) is 10.3 Å². The molecule has 1 aromatic rings. The second-order valence-corrected chi connectivity index (χ2v) is 4.33. The quantitative estimate of drug-likeness (QED) is 0.742. The zero-order chi connectivity index (χ0) is 12.4. The number of benzene rings is 1. The Morgan fingerprint density at radius 1 is 1.53 bits per heavy atom. The van der Waals surface area contributed by atoms with E-state index in [2.05, 4.69) is 10.4 Å². The van der Waals surface area contributed by atoms with Gasteiger partial charge in [0.2, 0.25) is 0 Å². The first-order valence-corrected chi connectivity index (χ1v) is 5.90. The molecule has 0 saturated heterocycles. The van der Waals surface area contributed by atoms with Crippen molar-refractivity contribution in [2.24, 2.45) is 5.10 Å². The van der Waals surface area contributed by atoms with E-state index in [9.17, 15) is 5.11 Å². The number of phenols is 1. The van der Waals surface area contributed by atoms with E-state index in [1.807, 2.05) is 25.1 Å². The van der Waals surface area contributed by atoms with Gasteiger partial charge < -0.3 is 10.4 Å². The molecule has 0 spiro atoms. The molecule has 0 atom stereocenters. The third kappa shape index (κ3) is 2.24. The van der Waals surface area contributed by atoms with Crippen LogP contribution >= 0.6 is 12.2 Å². The molecule has 0 bridgehead atoms. The summed E-state index contributed by atoms with van der Waals surface area (Å²) in [7, 11) is 1.78. The molecule has 0 radical (unpaired) electrons. The molecule has 0 unspecified atom stereocenters. The first-order chi connectivity index (χ1) is 8.13. The molecule has 2 N–H and O–H groups in total. The average molecular weight is 249 g/mol. The van der Waals surface area contributed by atoms with E-state index in [0.29, 0.717) is 10.9 Å². The maximum absolute atomic E-state index is 9.99. The van der Waals surface area contributed by atoms with Crippen LogP contribution in [0.4, 0.5) is 0 Å². The van der Waals surface area contributed by atoms with Gasteiger partial charge in [-0.2, -0.15) is 5.10 Å². The van der Waals surface area contributed by atoms with Crippen molar-refractivity contribution >= 4 is 23.0 Å². The summed E-state index contributed by atoms with van der Waals surface area (Å²) in [6.07, 6.45) is 0.791. The third-order valence-corrected chi connectivity index (χ3v) is 3.21. The smallest absolute Gasteiger partial charge is 0.189 e. The van der Waals surface area contributed by atoms with Crippen molar-refractivity contribution in [3.8, 4) is 5.75 Å². The number of hydrogen-bond donors (Lipinski definition) is 2. The van der Waals surface area contributed by atoms with Gasteiger partial charge in [0.05, 0.1) is 5.71 Å². The predicted octanol–water partition coefficient (Wildman–Crippen LogP) is 1.61. The van der Waals surface area contributed by atoms with Gasteiger partial charge in [-0.3, -0.25) is 0 Å². The van der Waals surface area contributed by atoms with Gasteiger partial charge in [0, 0.05) is 25.6 Å². The number of hydrogen-bond acceptors (Lipinski definition) is 3. The molecule has 90 valence electrons. The summed E-state index contributed by atoms with van der Waals surface area (Å²) in [5.41, 5.74) is 2.54. The van der Waals surface area contributed by atoms with Gasteiger partial charge in [-0.25, -0.2) is 5.01 Å². The van der Waals surface area contributed by atoms with E-state index in [4.69, 9.17) is 12.2 Å². The van der Waals surface area contributed by atoms with Crippen LogP contribution in [0.3, 0.4) is 0 Å². The molecule has 1 heterocycles. The topological polar surface area (TPSA) is 47.9 Å². The summed E-state index contributed by atoms with van der Waals surface area (Å²) in [6.45, 7) is 2.63. The monoisotopic (exact) mass is 249 g/mol. The van der Waals surface area contributed by atoms with E-state index in [-0.39, 0.29) is 0 Å². The minimum atomic E-state index is 0.309. The lowest BCUT2D eigenvalue weighted by Gasteiger charge is -2.12.